The van der Waals surface area contributed by atoms with E-state index in [4.69, 9.17) is 0 Å². The summed E-state index contributed by atoms with van der Waals surface area (Å²) in [6.07, 6.45) is 0.482. The molecule has 1 atom stereocenters. The van der Waals surface area contributed by atoms with Gasteiger partial charge in [-0.3, -0.25) is 4.79 Å². The van der Waals surface area contributed by atoms with Crippen LogP contribution in [0.2, 0.25) is 0 Å². The van der Waals surface area contributed by atoms with E-state index in [0.717, 1.165) is 4.90 Å². The van der Waals surface area contributed by atoms with Gasteiger partial charge in [0.2, 0.25) is 6.41 Å². The van der Waals surface area contributed by atoms with Crippen LogP contribution < -0.4 is 10.0 Å². The van der Waals surface area contributed by atoms with Gasteiger partial charge in [-0.05, 0) is 19.1 Å². The summed E-state index contributed by atoms with van der Waals surface area (Å²) in [6.45, 7) is 1.40. The molecular formula is C10H10NO3-. The maximum Gasteiger partial charge on any atom is 0.214 e. The summed E-state index contributed by atoms with van der Waals surface area (Å²) in [6, 6.07) is 7.61. The standard InChI is InChI=1S/C10H11NO3/c1-8(10(13)14)11(7-12)9-5-3-2-4-6-9/h2-8H,1H3,(H,13,14)/p-1/t8-/m1/s1. The van der Waals surface area contributed by atoms with Crippen LogP contribution in [0.4, 0.5) is 5.69 Å². The predicted molar refractivity (Wildman–Crippen MR) is 49.5 cm³/mol. The van der Waals surface area contributed by atoms with Crippen LogP contribution in [0.1, 0.15) is 6.92 Å². The third-order valence-electron chi connectivity index (χ3n) is 1.93. The summed E-state index contributed by atoms with van der Waals surface area (Å²) >= 11 is 0. The molecule has 0 fully saturated rings. The highest BCUT2D eigenvalue weighted by Crippen LogP contribution is 2.13. The van der Waals surface area contributed by atoms with E-state index in [1.165, 1.54) is 6.92 Å². The molecule has 0 aliphatic carbocycles. The van der Waals surface area contributed by atoms with Gasteiger partial charge in [0.25, 0.3) is 0 Å². The van der Waals surface area contributed by atoms with Gasteiger partial charge >= 0.3 is 0 Å². The molecule has 1 rings (SSSR count). The molecule has 0 aromatic heterocycles. The van der Waals surface area contributed by atoms with Crippen molar-refractivity contribution in [2.24, 2.45) is 0 Å². The molecule has 0 saturated carbocycles. The molecule has 4 heteroatoms. The van der Waals surface area contributed by atoms with E-state index in [2.05, 4.69) is 0 Å². The second kappa shape index (κ2) is 4.41. The number of anilines is 1. The van der Waals surface area contributed by atoms with E-state index in [1.807, 2.05) is 0 Å². The third kappa shape index (κ3) is 2.10. The van der Waals surface area contributed by atoms with Crippen molar-refractivity contribution in [3.8, 4) is 0 Å². The highest BCUT2D eigenvalue weighted by molar-refractivity contribution is 5.86. The van der Waals surface area contributed by atoms with Crippen LogP contribution in [0.3, 0.4) is 0 Å². The van der Waals surface area contributed by atoms with Gasteiger partial charge in [-0.1, -0.05) is 18.2 Å². The number of nitrogens with zero attached hydrogens (tertiary/aromatic N) is 1. The average molecular weight is 192 g/mol. The second-order valence-corrected chi connectivity index (χ2v) is 2.84. The molecule has 4 nitrogen and oxygen atoms in total. The minimum atomic E-state index is -1.28. The lowest BCUT2D eigenvalue weighted by molar-refractivity contribution is -0.306. The van der Waals surface area contributed by atoms with Crippen LogP contribution in [0.25, 0.3) is 0 Å². The Morgan fingerprint density at radius 3 is 2.43 bits per heavy atom. The van der Waals surface area contributed by atoms with Crippen LogP contribution in [0.15, 0.2) is 30.3 Å². The quantitative estimate of drug-likeness (QED) is 0.620. The van der Waals surface area contributed by atoms with Crippen LogP contribution in [0, 0.1) is 0 Å². The minimum absolute atomic E-state index is 0.482. The number of benzene rings is 1. The zero-order valence-corrected chi connectivity index (χ0v) is 7.71. The first-order chi connectivity index (χ1) is 6.66. The lowest BCUT2D eigenvalue weighted by atomic mass is 10.2. The fraction of sp³-hybridized carbons (Fsp3) is 0.200. The van der Waals surface area contributed by atoms with Crippen LogP contribution >= 0.6 is 0 Å². The Kier molecular flexibility index (Phi) is 3.23. The van der Waals surface area contributed by atoms with Gasteiger partial charge in [0, 0.05) is 5.69 Å². The van der Waals surface area contributed by atoms with Gasteiger partial charge in [-0.25, -0.2) is 0 Å². The molecule has 1 aromatic rings. The lowest BCUT2D eigenvalue weighted by Gasteiger charge is -2.25. The minimum Gasteiger partial charge on any atom is -0.548 e. The molecule has 0 unspecified atom stereocenters. The van der Waals surface area contributed by atoms with Gasteiger partial charge in [0.15, 0.2) is 0 Å². The summed E-state index contributed by atoms with van der Waals surface area (Å²) in [7, 11) is 0. The molecule has 0 N–H and O–H groups in total. The molecule has 0 aliphatic rings. The molecular weight excluding hydrogens is 182 g/mol. The molecule has 0 radical (unpaired) electrons. The zero-order chi connectivity index (χ0) is 10.6. The van der Waals surface area contributed by atoms with Crippen molar-refractivity contribution in [2.75, 3.05) is 4.90 Å². The normalized spacial score (nSPS) is 11.8. The Hall–Kier alpha value is -1.84. The molecule has 1 amide bonds. The number of para-hydroxylation sites is 1. The Morgan fingerprint density at radius 2 is 2.00 bits per heavy atom. The Bertz CT molecular complexity index is 323. The molecule has 0 aliphatic heterocycles. The Labute approximate surface area is 81.8 Å². The SMILES string of the molecule is C[C@H](C(=O)[O-])N(C=O)c1ccccc1. The first-order valence-electron chi connectivity index (χ1n) is 4.16. The monoisotopic (exact) mass is 192 g/mol. The Balaban J connectivity index is 2.93. The number of hydrogen-bond donors (Lipinski definition) is 0. The number of hydrogen-bond acceptors (Lipinski definition) is 3. The molecule has 0 bridgehead atoms. The van der Waals surface area contributed by atoms with E-state index >= 15 is 0 Å². The molecule has 0 heterocycles. The van der Waals surface area contributed by atoms with Crippen LogP contribution in [-0.4, -0.2) is 18.4 Å². The van der Waals surface area contributed by atoms with Crippen molar-refractivity contribution >= 4 is 18.1 Å². The summed E-state index contributed by atoms with van der Waals surface area (Å²) in [4.78, 5) is 22.4. The van der Waals surface area contributed by atoms with E-state index in [0.29, 0.717) is 12.1 Å². The first-order valence-corrected chi connectivity index (χ1v) is 4.16. The Morgan fingerprint density at radius 1 is 1.43 bits per heavy atom. The van der Waals surface area contributed by atoms with Crippen molar-refractivity contribution in [2.45, 2.75) is 13.0 Å². The topological polar surface area (TPSA) is 60.4 Å². The highest BCUT2D eigenvalue weighted by Gasteiger charge is 2.13. The second-order valence-electron chi connectivity index (χ2n) is 2.84. The number of carboxylic acid groups (broad SMARTS) is 1. The smallest absolute Gasteiger partial charge is 0.214 e. The molecule has 14 heavy (non-hydrogen) atoms. The molecule has 74 valence electrons. The zero-order valence-electron chi connectivity index (χ0n) is 7.71. The van der Waals surface area contributed by atoms with Crippen molar-refractivity contribution in [1.82, 2.24) is 0 Å². The summed E-state index contributed by atoms with van der Waals surface area (Å²) in [5, 5.41) is 10.6. The number of rotatable bonds is 4. The fourth-order valence-electron chi connectivity index (χ4n) is 1.09. The van der Waals surface area contributed by atoms with Crippen molar-refractivity contribution < 1.29 is 14.7 Å². The van der Waals surface area contributed by atoms with Crippen molar-refractivity contribution in [3.05, 3.63) is 30.3 Å². The first kappa shape index (κ1) is 10.2. The number of aliphatic carboxylic acids is 1. The van der Waals surface area contributed by atoms with E-state index in [-0.39, 0.29) is 0 Å². The summed E-state index contributed by atoms with van der Waals surface area (Å²) < 4.78 is 0. The number of carboxylic acids is 1. The van der Waals surface area contributed by atoms with Gasteiger partial charge in [0.05, 0.1) is 12.0 Å². The van der Waals surface area contributed by atoms with E-state index in [9.17, 15) is 14.7 Å². The number of amides is 1. The predicted octanol–water partition coefficient (Wildman–Crippen LogP) is -0.212. The number of carbonyl (C=O) groups excluding carboxylic acids is 2. The van der Waals surface area contributed by atoms with Gasteiger partial charge < -0.3 is 14.8 Å². The summed E-state index contributed by atoms with van der Waals surface area (Å²) in [5.74, 6) is -1.28. The van der Waals surface area contributed by atoms with Gasteiger partial charge in [-0.2, -0.15) is 0 Å². The van der Waals surface area contributed by atoms with Crippen LogP contribution in [0.5, 0.6) is 0 Å². The van der Waals surface area contributed by atoms with Gasteiger partial charge in [0.1, 0.15) is 0 Å². The lowest BCUT2D eigenvalue weighted by Crippen LogP contribution is -2.45. The molecule has 0 spiro atoms. The van der Waals surface area contributed by atoms with Crippen LogP contribution in [-0.2, 0) is 9.59 Å². The van der Waals surface area contributed by atoms with Crippen molar-refractivity contribution in [1.29, 1.82) is 0 Å². The van der Waals surface area contributed by atoms with E-state index < -0.39 is 12.0 Å². The van der Waals surface area contributed by atoms with Gasteiger partial charge in [-0.15, -0.1) is 0 Å². The summed E-state index contributed by atoms with van der Waals surface area (Å²) in [5.41, 5.74) is 0.541. The fourth-order valence-corrected chi connectivity index (χ4v) is 1.09. The van der Waals surface area contributed by atoms with E-state index in [1.54, 1.807) is 30.3 Å². The molecule has 1 aromatic carbocycles. The highest BCUT2D eigenvalue weighted by atomic mass is 16.4. The maximum atomic E-state index is 10.7. The number of carbonyl (C=O) groups is 2. The third-order valence-corrected chi connectivity index (χ3v) is 1.93. The maximum absolute atomic E-state index is 10.7. The average Bonchev–Trinajstić information content (AvgIpc) is 2.20. The molecule has 0 saturated heterocycles. The largest absolute Gasteiger partial charge is 0.548 e. The van der Waals surface area contributed by atoms with Crippen molar-refractivity contribution in [3.63, 3.8) is 0 Å².